The van der Waals surface area contributed by atoms with E-state index in [1.807, 2.05) is 0 Å². The smallest absolute Gasteiger partial charge is 0.406 e. The number of pyridine rings is 1. The Balaban J connectivity index is 1.53. The van der Waals surface area contributed by atoms with Crippen LogP contribution < -0.4 is 10.2 Å². The van der Waals surface area contributed by atoms with E-state index in [9.17, 15) is 18.0 Å². The van der Waals surface area contributed by atoms with Gasteiger partial charge in [-0.05, 0) is 18.6 Å². The molecule has 0 aromatic carbocycles. The summed E-state index contributed by atoms with van der Waals surface area (Å²) in [7, 11) is 0. The molecule has 4 aromatic heterocycles. The number of aromatic nitrogens is 5. The van der Waals surface area contributed by atoms with Gasteiger partial charge in [-0.3, -0.25) is 9.66 Å². The second kappa shape index (κ2) is 8.12. The maximum Gasteiger partial charge on any atom is 0.432 e. The molecule has 4 heterocycles. The molecule has 1 amide bonds. The van der Waals surface area contributed by atoms with Crippen LogP contribution in [-0.2, 0) is 6.42 Å². The molecule has 0 aliphatic rings. The minimum Gasteiger partial charge on any atom is -0.406 e. The second-order valence-electron chi connectivity index (χ2n) is 6.33. The van der Waals surface area contributed by atoms with Crippen molar-refractivity contribution in [3.8, 4) is 16.6 Å². The molecule has 13 heteroatoms. The van der Waals surface area contributed by atoms with Crippen LogP contribution in [0.5, 0.6) is 5.75 Å². The summed E-state index contributed by atoms with van der Waals surface area (Å²) in [4.78, 5) is 28.7. The van der Waals surface area contributed by atoms with Crippen LogP contribution in [0.1, 0.15) is 11.3 Å². The van der Waals surface area contributed by atoms with Crippen LogP contribution in [0.4, 0.5) is 18.0 Å². The van der Waals surface area contributed by atoms with Gasteiger partial charge in [-0.1, -0.05) is 11.6 Å². The molecule has 4 aromatic rings. The molecule has 0 saturated carbocycles. The number of nitrogens with zero attached hydrogens (tertiary/aromatic N) is 5. The average Bonchev–Trinajstić information content (AvgIpc) is 3.27. The summed E-state index contributed by atoms with van der Waals surface area (Å²) in [6.07, 6.45) is -1.28. The van der Waals surface area contributed by atoms with Crippen molar-refractivity contribution in [3.63, 3.8) is 0 Å². The average molecular weight is 469 g/mol. The number of ether oxygens (including phenoxy) is 1. The van der Waals surface area contributed by atoms with Crippen LogP contribution in [0.3, 0.4) is 0 Å². The minimum atomic E-state index is -4.40. The summed E-state index contributed by atoms with van der Waals surface area (Å²) >= 11 is 7.07. The molecule has 1 N–H and O–H groups in total. The predicted octanol–water partition coefficient (Wildman–Crippen LogP) is 4.76. The molecule has 0 fully saturated rings. The summed E-state index contributed by atoms with van der Waals surface area (Å²) in [5.74, 6) is 0.399. The van der Waals surface area contributed by atoms with Gasteiger partial charge in [0.05, 0.1) is 30.0 Å². The molecule has 0 spiro atoms. The van der Waals surface area contributed by atoms with E-state index in [0.717, 1.165) is 4.68 Å². The first-order chi connectivity index (χ1) is 14.7. The van der Waals surface area contributed by atoms with Crippen LogP contribution >= 0.6 is 22.9 Å². The van der Waals surface area contributed by atoms with Crippen molar-refractivity contribution in [2.24, 2.45) is 0 Å². The van der Waals surface area contributed by atoms with Crippen LogP contribution in [-0.4, -0.2) is 36.9 Å². The molecule has 0 saturated heterocycles. The Morgan fingerprint density at radius 2 is 2.13 bits per heavy atom. The number of nitrogens with one attached hydrogen (secondary N) is 1. The number of rotatable bonds is 4. The van der Waals surface area contributed by atoms with E-state index in [4.69, 9.17) is 16.3 Å². The molecule has 31 heavy (non-hydrogen) atoms. The monoisotopic (exact) mass is 468 g/mol. The maximum absolute atomic E-state index is 12.9. The van der Waals surface area contributed by atoms with Crippen LogP contribution in [0, 0.1) is 6.92 Å². The SMILES string of the molecule is Cc1nc(-c2nc(Cl)cs2)ncc1OC(=O)Nn1cc(CC(F)(F)F)c2ccncc21. The van der Waals surface area contributed by atoms with Gasteiger partial charge in [-0.15, -0.1) is 11.3 Å². The molecule has 0 radical (unpaired) electrons. The highest BCUT2D eigenvalue weighted by Crippen LogP contribution is 2.28. The normalized spacial score (nSPS) is 11.6. The molecule has 0 unspecified atom stereocenters. The lowest BCUT2D eigenvalue weighted by atomic mass is 10.1. The summed E-state index contributed by atoms with van der Waals surface area (Å²) in [5, 5.41) is 2.78. The molecule has 0 atom stereocenters. The number of thiazole rings is 1. The van der Waals surface area contributed by atoms with Gasteiger partial charge in [0.1, 0.15) is 5.15 Å². The third-order valence-electron chi connectivity index (χ3n) is 4.10. The van der Waals surface area contributed by atoms with Crippen molar-refractivity contribution in [2.75, 3.05) is 5.43 Å². The Bertz CT molecular complexity index is 1270. The number of alkyl halides is 3. The van der Waals surface area contributed by atoms with E-state index < -0.39 is 18.7 Å². The number of amides is 1. The molecule has 8 nitrogen and oxygen atoms in total. The Morgan fingerprint density at radius 1 is 1.32 bits per heavy atom. The lowest BCUT2D eigenvalue weighted by Gasteiger charge is -2.10. The molecular formula is C18H12ClF3N6O2S. The van der Waals surface area contributed by atoms with Gasteiger partial charge in [0.2, 0.25) is 0 Å². The fourth-order valence-corrected chi connectivity index (χ4v) is 3.72. The summed E-state index contributed by atoms with van der Waals surface area (Å²) < 4.78 is 45.0. The molecule has 0 bridgehead atoms. The molecule has 0 aliphatic heterocycles. The van der Waals surface area contributed by atoms with Crippen molar-refractivity contribution in [3.05, 3.63) is 52.6 Å². The molecular weight excluding hydrogens is 457 g/mol. The third-order valence-corrected chi connectivity index (χ3v) is 5.26. The number of carbonyl (C=O) groups excluding carboxylic acids is 1. The van der Waals surface area contributed by atoms with Crippen molar-refractivity contribution in [2.45, 2.75) is 19.5 Å². The summed E-state index contributed by atoms with van der Waals surface area (Å²) in [5.41, 5.74) is 3.04. The topological polar surface area (TPSA) is 94.8 Å². The number of carbonyl (C=O) groups is 1. The zero-order valence-electron chi connectivity index (χ0n) is 15.6. The van der Waals surface area contributed by atoms with Gasteiger partial charge in [0, 0.05) is 23.2 Å². The maximum atomic E-state index is 12.9. The Kier molecular flexibility index (Phi) is 5.50. The van der Waals surface area contributed by atoms with Gasteiger partial charge in [0.25, 0.3) is 0 Å². The fourth-order valence-electron chi connectivity index (χ4n) is 2.83. The van der Waals surface area contributed by atoms with E-state index in [1.54, 1.807) is 12.3 Å². The van der Waals surface area contributed by atoms with E-state index in [-0.39, 0.29) is 11.3 Å². The van der Waals surface area contributed by atoms with Crippen LogP contribution in [0.15, 0.2) is 36.2 Å². The van der Waals surface area contributed by atoms with Crippen LogP contribution in [0.2, 0.25) is 5.15 Å². The summed E-state index contributed by atoms with van der Waals surface area (Å²) in [6.45, 7) is 1.61. The van der Waals surface area contributed by atoms with Gasteiger partial charge in [-0.25, -0.2) is 25.2 Å². The van der Waals surface area contributed by atoms with E-state index >= 15 is 0 Å². The summed E-state index contributed by atoms with van der Waals surface area (Å²) in [6, 6.07) is 1.45. The second-order valence-corrected chi connectivity index (χ2v) is 7.57. The van der Waals surface area contributed by atoms with Crippen molar-refractivity contribution in [1.29, 1.82) is 0 Å². The third kappa shape index (κ3) is 4.75. The highest BCUT2D eigenvalue weighted by Gasteiger charge is 2.29. The van der Waals surface area contributed by atoms with Crippen LogP contribution in [0.25, 0.3) is 21.7 Å². The number of halogens is 4. The number of aryl methyl sites for hydroxylation is 1. The lowest BCUT2D eigenvalue weighted by molar-refractivity contribution is -0.127. The lowest BCUT2D eigenvalue weighted by Crippen LogP contribution is -2.25. The van der Waals surface area contributed by atoms with Gasteiger partial charge >= 0.3 is 12.3 Å². The van der Waals surface area contributed by atoms with E-state index in [0.29, 0.717) is 32.6 Å². The van der Waals surface area contributed by atoms with Crippen molar-refractivity contribution in [1.82, 2.24) is 24.6 Å². The van der Waals surface area contributed by atoms with Gasteiger partial charge < -0.3 is 4.74 Å². The fraction of sp³-hybridized carbons (Fsp3) is 0.167. The molecule has 0 aliphatic carbocycles. The Morgan fingerprint density at radius 3 is 2.81 bits per heavy atom. The van der Waals surface area contributed by atoms with Crippen molar-refractivity contribution < 1.29 is 22.7 Å². The van der Waals surface area contributed by atoms with E-state index in [1.165, 1.54) is 42.2 Å². The first-order valence-electron chi connectivity index (χ1n) is 8.64. The van der Waals surface area contributed by atoms with Gasteiger partial charge in [-0.2, -0.15) is 13.2 Å². The number of hydrogen-bond acceptors (Lipinski definition) is 7. The van der Waals surface area contributed by atoms with Crippen molar-refractivity contribution >= 4 is 39.9 Å². The zero-order chi connectivity index (χ0) is 22.2. The number of fused-ring (bicyclic) bond motifs is 1. The minimum absolute atomic E-state index is 0.00354. The molecule has 160 valence electrons. The first kappa shape index (κ1) is 21.0. The Labute approximate surface area is 181 Å². The largest absolute Gasteiger partial charge is 0.432 e. The zero-order valence-corrected chi connectivity index (χ0v) is 17.2. The highest BCUT2D eigenvalue weighted by molar-refractivity contribution is 7.13. The molecule has 4 rings (SSSR count). The predicted molar refractivity (Wildman–Crippen MR) is 108 cm³/mol. The van der Waals surface area contributed by atoms with Gasteiger partial charge in [0.15, 0.2) is 16.6 Å². The number of hydrogen-bond donors (Lipinski definition) is 1. The highest BCUT2D eigenvalue weighted by atomic mass is 35.5. The first-order valence-corrected chi connectivity index (χ1v) is 9.90. The Hall–Kier alpha value is -3.25. The quantitative estimate of drug-likeness (QED) is 0.464. The standard InChI is InChI=1S/C18H12ClF3N6O2S/c1-9-13(6-24-15(25-9)16-26-14(19)8-31-16)30-17(29)27-28-7-10(4-18(20,21)22)11-2-3-23-5-12(11)28/h2-3,5-8H,4H2,1H3,(H,27,29). The van der Waals surface area contributed by atoms with E-state index in [2.05, 4.69) is 25.4 Å².